The molecule has 0 atom stereocenters. The van der Waals surface area contributed by atoms with Crippen LogP contribution in [0.4, 0.5) is 0 Å². The van der Waals surface area contributed by atoms with Crippen LogP contribution in [0, 0.1) is 0 Å². The van der Waals surface area contributed by atoms with Crippen LogP contribution in [0.15, 0.2) is 0 Å². The Morgan fingerprint density at radius 2 is 1.47 bits per heavy atom. The molecule has 92 valence electrons. The van der Waals surface area contributed by atoms with Crippen molar-refractivity contribution in [3.8, 4) is 0 Å². The van der Waals surface area contributed by atoms with Gasteiger partial charge >= 0.3 is 0 Å². The van der Waals surface area contributed by atoms with Crippen molar-refractivity contribution in [1.82, 2.24) is 4.13 Å². The number of rotatable bonds is 8. The van der Waals surface area contributed by atoms with Crippen LogP contribution in [0.3, 0.4) is 0 Å². The molecule has 0 aliphatic heterocycles. The van der Waals surface area contributed by atoms with Crippen LogP contribution < -0.4 is 4.13 Å². The van der Waals surface area contributed by atoms with Crippen LogP contribution in [0.5, 0.6) is 0 Å². The molecule has 5 nitrogen and oxygen atoms in total. The Kier molecular flexibility index (Phi) is 6.38. The van der Waals surface area contributed by atoms with E-state index in [1.807, 2.05) is 0 Å². The summed E-state index contributed by atoms with van der Waals surface area (Å²) < 4.78 is 45.4. The summed E-state index contributed by atoms with van der Waals surface area (Å²) in [4.78, 5) is 0. The summed E-state index contributed by atoms with van der Waals surface area (Å²) in [5, 5.41) is 0. The second kappa shape index (κ2) is 6.44. The molecule has 1 N–H and O–H groups in total. The fraction of sp³-hybridized carbons (Fsp3) is 1.00. The second-order valence-electron chi connectivity index (χ2n) is 3.59. The van der Waals surface area contributed by atoms with E-state index >= 15 is 0 Å². The van der Waals surface area contributed by atoms with Crippen LogP contribution in [0.25, 0.3) is 0 Å². The molecule has 0 heterocycles. The topological polar surface area (TPSA) is 80.3 Å². The van der Waals surface area contributed by atoms with Gasteiger partial charge in [-0.3, -0.25) is 0 Å². The van der Waals surface area contributed by atoms with Gasteiger partial charge in [-0.25, -0.2) is 16.8 Å². The molecule has 0 bridgehead atoms. The van der Waals surface area contributed by atoms with Crippen molar-refractivity contribution in [2.45, 2.75) is 39.0 Å². The molecular formula is C8H19NO4S2. The monoisotopic (exact) mass is 257 g/mol. The Morgan fingerprint density at radius 3 is 1.93 bits per heavy atom. The van der Waals surface area contributed by atoms with Crippen LogP contribution in [-0.4, -0.2) is 28.8 Å². The lowest BCUT2D eigenvalue weighted by Crippen LogP contribution is -2.31. The van der Waals surface area contributed by atoms with Gasteiger partial charge in [-0.15, -0.1) is 4.13 Å². The second-order valence-corrected chi connectivity index (χ2v) is 7.44. The maximum atomic E-state index is 11.2. The minimum Gasteiger partial charge on any atom is -0.212 e. The van der Waals surface area contributed by atoms with Gasteiger partial charge in [0.2, 0.25) is 20.0 Å². The van der Waals surface area contributed by atoms with Crippen molar-refractivity contribution in [3.63, 3.8) is 0 Å². The van der Waals surface area contributed by atoms with E-state index in [4.69, 9.17) is 0 Å². The van der Waals surface area contributed by atoms with E-state index in [9.17, 15) is 16.8 Å². The minimum atomic E-state index is -3.67. The Labute approximate surface area is 92.4 Å². The Bertz CT molecular complexity index is 358. The molecule has 0 saturated heterocycles. The number of sulfonamides is 2. The van der Waals surface area contributed by atoms with Gasteiger partial charge in [0.05, 0.1) is 12.0 Å². The number of nitrogens with one attached hydrogen (secondary N) is 1. The summed E-state index contributed by atoms with van der Waals surface area (Å²) >= 11 is 0. The van der Waals surface area contributed by atoms with Gasteiger partial charge in [0, 0.05) is 0 Å². The van der Waals surface area contributed by atoms with E-state index in [0.717, 1.165) is 31.9 Å². The number of hydrogen-bond acceptors (Lipinski definition) is 4. The molecule has 0 unspecified atom stereocenters. The molecule has 0 aromatic rings. The Morgan fingerprint density at radius 1 is 0.933 bits per heavy atom. The quantitative estimate of drug-likeness (QED) is 0.653. The average molecular weight is 257 g/mol. The fourth-order valence-electron chi connectivity index (χ4n) is 1.17. The highest BCUT2D eigenvalue weighted by atomic mass is 32.3. The highest BCUT2D eigenvalue weighted by Crippen LogP contribution is 2.04. The average Bonchev–Trinajstić information content (AvgIpc) is 1.99. The van der Waals surface area contributed by atoms with Crippen LogP contribution in [-0.2, 0) is 20.0 Å². The summed E-state index contributed by atoms with van der Waals surface area (Å²) in [6.07, 6.45) is 5.32. The van der Waals surface area contributed by atoms with Crippen molar-refractivity contribution >= 4 is 20.0 Å². The van der Waals surface area contributed by atoms with Crippen molar-refractivity contribution in [2.75, 3.05) is 12.0 Å². The van der Waals surface area contributed by atoms with Crippen LogP contribution >= 0.6 is 0 Å². The minimum absolute atomic E-state index is 0.121. The molecule has 0 saturated carbocycles. The highest BCUT2D eigenvalue weighted by Gasteiger charge is 2.15. The Balaban J connectivity index is 3.86. The van der Waals surface area contributed by atoms with Gasteiger partial charge in [-0.1, -0.05) is 32.6 Å². The first-order valence-corrected chi connectivity index (χ1v) is 8.52. The predicted molar refractivity (Wildman–Crippen MR) is 60.5 cm³/mol. The van der Waals surface area contributed by atoms with Crippen molar-refractivity contribution < 1.29 is 16.8 Å². The summed E-state index contributed by atoms with van der Waals surface area (Å²) in [7, 11) is -7.33. The standard InChI is InChI=1S/C8H19NO4S2/c1-3-4-5-6-7-8-15(12,13)9-14(2,10)11/h9H,3-8H2,1-2H3. The lowest BCUT2D eigenvalue weighted by molar-refractivity contribution is 0.574. The van der Waals surface area contributed by atoms with Gasteiger partial charge in [-0.2, -0.15) is 0 Å². The van der Waals surface area contributed by atoms with E-state index in [1.165, 1.54) is 0 Å². The smallest absolute Gasteiger partial charge is 0.212 e. The SMILES string of the molecule is CCCCCCCS(=O)(=O)NS(C)(=O)=O. The summed E-state index contributed by atoms with van der Waals surface area (Å²) in [6.45, 7) is 2.07. The first-order valence-electron chi connectivity index (χ1n) is 4.98. The summed E-state index contributed by atoms with van der Waals surface area (Å²) in [6, 6.07) is 0. The molecule has 0 fully saturated rings. The normalized spacial score (nSPS) is 12.9. The third-order valence-electron chi connectivity index (χ3n) is 1.79. The van der Waals surface area contributed by atoms with E-state index < -0.39 is 20.0 Å². The number of hydrogen-bond donors (Lipinski definition) is 1. The third-order valence-corrected chi connectivity index (χ3v) is 4.85. The van der Waals surface area contributed by atoms with E-state index in [-0.39, 0.29) is 5.75 Å². The summed E-state index contributed by atoms with van der Waals surface area (Å²) in [5.41, 5.74) is 0. The molecule has 7 heteroatoms. The van der Waals surface area contributed by atoms with Gasteiger partial charge in [-0.05, 0) is 6.42 Å². The first kappa shape index (κ1) is 14.9. The molecule has 0 aromatic carbocycles. The maximum absolute atomic E-state index is 11.2. The van der Waals surface area contributed by atoms with E-state index in [1.54, 1.807) is 4.13 Å². The fourth-order valence-corrected chi connectivity index (χ4v) is 3.93. The number of unbranched alkanes of at least 4 members (excludes halogenated alkanes) is 4. The molecule has 0 rings (SSSR count). The van der Waals surface area contributed by atoms with Crippen molar-refractivity contribution in [1.29, 1.82) is 0 Å². The van der Waals surface area contributed by atoms with Crippen LogP contribution in [0.1, 0.15) is 39.0 Å². The molecule has 0 aliphatic rings. The molecule has 0 aliphatic carbocycles. The van der Waals surface area contributed by atoms with Crippen molar-refractivity contribution in [3.05, 3.63) is 0 Å². The largest absolute Gasteiger partial charge is 0.224 e. The zero-order valence-electron chi connectivity index (χ0n) is 9.19. The van der Waals surface area contributed by atoms with Gasteiger partial charge in [0.15, 0.2) is 0 Å². The Hall–Kier alpha value is -0.140. The van der Waals surface area contributed by atoms with Gasteiger partial charge in [0.25, 0.3) is 0 Å². The summed E-state index contributed by atoms with van der Waals surface area (Å²) in [5.74, 6) is -0.121. The zero-order valence-corrected chi connectivity index (χ0v) is 10.8. The highest BCUT2D eigenvalue weighted by molar-refractivity contribution is 8.04. The van der Waals surface area contributed by atoms with Crippen molar-refractivity contribution in [2.24, 2.45) is 0 Å². The van der Waals surface area contributed by atoms with E-state index in [0.29, 0.717) is 6.42 Å². The molecule has 15 heavy (non-hydrogen) atoms. The zero-order chi connectivity index (χ0) is 11.9. The third kappa shape index (κ3) is 10.1. The lowest BCUT2D eigenvalue weighted by atomic mass is 10.2. The molecule has 0 amide bonds. The van der Waals surface area contributed by atoms with E-state index in [2.05, 4.69) is 6.92 Å². The first-order chi connectivity index (χ1) is 6.77. The lowest BCUT2D eigenvalue weighted by Gasteiger charge is -2.04. The van der Waals surface area contributed by atoms with Gasteiger partial charge in [0.1, 0.15) is 0 Å². The molecule has 0 aromatic heterocycles. The molecule has 0 radical (unpaired) electrons. The van der Waals surface area contributed by atoms with Gasteiger partial charge < -0.3 is 0 Å². The molecule has 0 spiro atoms. The molecular weight excluding hydrogens is 238 g/mol. The predicted octanol–water partition coefficient (Wildman–Crippen LogP) is 0.836. The maximum Gasteiger partial charge on any atom is 0.224 e. The van der Waals surface area contributed by atoms with Crippen LogP contribution in [0.2, 0.25) is 0 Å².